The maximum Gasteiger partial charge on any atom is 0.315 e. The number of aliphatic hydroxyl groups is 1. The monoisotopic (exact) mass is 274 g/mol. The van der Waals surface area contributed by atoms with E-state index in [4.69, 9.17) is 4.42 Å². The summed E-state index contributed by atoms with van der Waals surface area (Å²) in [6.45, 7) is 2.56. The van der Waals surface area contributed by atoms with Crippen molar-refractivity contribution in [3.8, 4) is 0 Å². The molecule has 1 unspecified atom stereocenters. The van der Waals surface area contributed by atoms with Crippen LogP contribution in [0.3, 0.4) is 0 Å². The summed E-state index contributed by atoms with van der Waals surface area (Å²) in [5.41, 5.74) is 2.18. The number of aryl methyl sites for hydroxylation is 1. The zero-order valence-electron chi connectivity index (χ0n) is 11.3. The minimum atomic E-state index is -0.838. The molecule has 2 rings (SSSR count). The Balaban J connectivity index is 1.73. The largest absolute Gasteiger partial charge is 0.467 e. The first-order valence-electron chi connectivity index (χ1n) is 6.44. The number of amides is 2. The summed E-state index contributed by atoms with van der Waals surface area (Å²) in [5, 5.41) is 15.1. The van der Waals surface area contributed by atoms with Gasteiger partial charge >= 0.3 is 6.03 Å². The van der Waals surface area contributed by atoms with E-state index in [1.165, 1.54) is 6.26 Å². The number of benzene rings is 1. The van der Waals surface area contributed by atoms with Crippen LogP contribution in [0, 0.1) is 6.92 Å². The van der Waals surface area contributed by atoms with E-state index in [0.717, 1.165) is 11.1 Å². The van der Waals surface area contributed by atoms with Crippen molar-refractivity contribution in [2.75, 3.05) is 6.54 Å². The molecule has 0 aliphatic rings. The summed E-state index contributed by atoms with van der Waals surface area (Å²) in [6, 6.07) is 10.9. The fraction of sp³-hybridized carbons (Fsp3) is 0.267. The molecular weight excluding hydrogens is 256 g/mol. The number of hydrogen-bond acceptors (Lipinski definition) is 3. The summed E-state index contributed by atoms with van der Waals surface area (Å²) in [6.07, 6.45) is 0.644. The van der Waals surface area contributed by atoms with Gasteiger partial charge in [-0.3, -0.25) is 0 Å². The predicted octanol–water partition coefficient (Wildman–Crippen LogP) is 2.12. The van der Waals surface area contributed by atoms with Crippen LogP contribution in [0.2, 0.25) is 0 Å². The first-order chi connectivity index (χ1) is 9.65. The van der Waals surface area contributed by atoms with Crippen molar-refractivity contribution >= 4 is 6.03 Å². The van der Waals surface area contributed by atoms with Gasteiger partial charge in [0.1, 0.15) is 11.9 Å². The van der Waals surface area contributed by atoms with Gasteiger partial charge in [-0.15, -0.1) is 0 Å². The van der Waals surface area contributed by atoms with Gasteiger partial charge in [0.15, 0.2) is 0 Å². The van der Waals surface area contributed by atoms with Crippen LogP contribution in [0.1, 0.15) is 23.0 Å². The molecule has 5 nitrogen and oxygen atoms in total. The van der Waals surface area contributed by atoms with Crippen molar-refractivity contribution in [3.05, 3.63) is 59.5 Å². The van der Waals surface area contributed by atoms with Crippen LogP contribution in [-0.4, -0.2) is 17.7 Å². The Labute approximate surface area is 117 Å². The van der Waals surface area contributed by atoms with Gasteiger partial charge in [0, 0.05) is 6.54 Å². The van der Waals surface area contributed by atoms with Crippen LogP contribution in [-0.2, 0) is 6.54 Å². The maximum atomic E-state index is 11.6. The molecule has 0 aliphatic carbocycles. The summed E-state index contributed by atoms with van der Waals surface area (Å²) >= 11 is 0. The van der Waals surface area contributed by atoms with Crippen LogP contribution in [0.5, 0.6) is 0 Å². The van der Waals surface area contributed by atoms with Crippen molar-refractivity contribution < 1.29 is 14.3 Å². The molecule has 2 amide bonds. The van der Waals surface area contributed by atoms with E-state index >= 15 is 0 Å². The molecular formula is C15H18N2O3. The number of carbonyl (C=O) groups excluding carboxylic acids is 1. The summed E-state index contributed by atoms with van der Waals surface area (Å²) in [5.74, 6) is 0.434. The Morgan fingerprint density at radius 2 is 2.15 bits per heavy atom. The SMILES string of the molecule is Cc1cccc(CNC(=O)NCC(O)c2ccco2)c1. The average molecular weight is 274 g/mol. The molecule has 1 atom stereocenters. The lowest BCUT2D eigenvalue weighted by molar-refractivity contribution is 0.148. The molecule has 3 N–H and O–H groups in total. The highest BCUT2D eigenvalue weighted by Gasteiger charge is 2.11. The second-order valence-corrected chi connectivity index (χ2v) is 4.58. The third-order valence-corrected chi connectivity index (χ3v) is 2.86. The molecule has 1 aromatic carbocycles. The van der Waals surface area contributed by atoms with E-state index < -0.39 is 6.10 Å². The van der Waals surface area contributed by atoms with Crippen molar-refractivity contribution in [3.63, 3.8) is 0 Å². The van der Waals surface area contributed by atoms with Crippen molar-refractivity contribution in [1.29, 1.82) is 0 Å². The molecule has 0 saturated carbocycles. The average Bonchev–Trinajstić information content (AvgIpc) is 2.97. The second-order valence-electron chi connectivity index (χ2n) is 4.58. The highest BCUT2D eigenvalue weighted by atomic mass is 16.4. The minimum absolute atomic E-state index is 0.104. The van der Waals surface area contributed by atoms with Gasteiger partial charge in [0.05, 0.1) is 12.8 Å². The summed E-state index contributed by atoms with van der Waals surface area (Å²) in [7, 11) is 0. The Bertz CT molecular complexity index is 552. The molecule has 0 radical (unpaired) electrons. The first kappa shape index (κ1) is 14.1. The molecule has 20 heavy (non-hydrogen) atoms. The number of nitrogens with one attached hydrogen (secondary N) is 2. The lowest BCUT2D eigenvalue weighted by atomic mass is 10.1. The molecule has 5 heteroatoms. The lowest BCUT2D eigenvalue weighted by Gasteiger charge is -2.11. The molecule has 2 aromatic rings. The van der Waals surface area contributed by atoms with Crippen molar-refractivity contribution in [2.24, 2.45) is 0 Å². The third kappa shape index (κ3) is 4.13. The van der Waals surface area contributed by atoms with Gasteiger partial charge in [0.25, 0.3) is 0 Å². The van der Waals surface area contributed by atoms with Gasteiger partial charge < -0.3 is 20.2 Å². The Hall–Kier alpha value is -2.27. The molecule has 1 aromatic heterocycles. The summed E-state index contributed by atoms with van der Waals surface area (Å²) < 4.78 is 5.05. The van der Waals surface area contributed by atoms with Crippen molar-refractivity contribution in [2.45, 2.75) is 19.6 Å². The highest BCUT2D eigenvalue weighted by Crippen LogP contribution is 2.11. The second kappa shape index (κ2) is 6.77. The number of urea groups is 1. The normalized spacial score (nSPS) is 11.9. The number of furan rings is 1. The van der Waals surface area contributed by atoms with Gasteiger partial charge in [-0.2, -0.15) is 0 Å². The molecule has 0 spiro atoms. The number of aliphatic hydroxyl groups excluding tert-OH is 1. The smallest absolute Gasteiger partial charge is 0.315 e. The molecule has 0 fully saturated rings. The maximum absolute atomic E-state index is 11.6. The number of carbonyl (C=O) groups is 1. The van der Waals surface area contributed by atoms with Gasteiger partial charge in [-0.25, -0.2) is 4.79 Å². The van der Waals surface area contributed by atoms with Gasteiger partial charge in [-0.05, 0) is 24.6 Å². The van der Waals surface area contributed by atoms with E-state index in [1.54, 1.807) is 12.1 Å². The van der Waals surface area contributed by atoms with E-state index in [2.05, 4.69) is 10.6 Å². The zero-order valence-corrected chi connectivity index (χ0v) is 11.3. The zero-order chi connectivity index (χ0) is 14.4. The molecule has 0 saturated heterocycles. The number of rotatable bonds is 5. The molecule has 106 valence electrons. The lowest BCUT2D eigenvalue weighted by Crippen LogP contribution is -2.37. The van der Waals surface area contributed by atoms with Crippen LogP contribution in [0.15, 0.2) is 47.1 Å². The van der Waals surface area contributed by atoms with Crippen LogP contribution < -0.4 is 10.6 Å². The van der Waals surface area contributed by atoms with E-state index in [1.807, 2.05) is 31.2 Å². The topological polar surface area (TPSA) is 74.5 Å². The molecule has 0 aliphatic heterocycles. The standard InChI is InChI=1S/C15H18N2O3/c1-11-4-2-5-12(8-11)9-16-15(19)17-10-13(18)14-6-3-7-20-14/h2-8,13,18H,9-10H2,1H3,(H2,16,17,19). The van der Waals surface area contributed by atoms with Crippen molar-refractivity contribution in [1.82, 2.24) is 10.6 Å². The van der Waals surface area contributed by atoms with Crippen LogP contribution >= 0.6 is 0 Å². The van der Waals surface area contributed by atoms with E-state index in [9.17, 15) is 9.90 Å². The fourth-order valence-electron chi connectivity index (χ4n) is 1.84. The molecule has 0 bridgehead atoms. The predicted molar refractivity (Wildman–Crippen MR) is 75.1 cm³/mol. The fourth-order valence-corrected chi connectivity index (χ4v) is 1.84. The van der Waals surface area contributed by atoms with Crippen LogP contribution in [0.4, 0.5) is 4.79 Å². The minimum Gasteiger partial charge on any atom is -0.467 e. The Morgan fingerprint density at radius 1 is 1.30 bits per heavy atom. The third-order valence-electron chi connectivity index (χ3n) is 2.86. The van der Waals surface area contributed by atoms with Crippen LogP contribution in [0.25, 0.3) is 0 Å². The summed E-state index contributed by atoms with van der Waals surface area (Å²) in [4.78, 5) is 11.6. The van der Waals surface area contributed by atoms with Gasteiger partial charge in [-0.1, -0.05) is 29.8 Å². The number of hydrogen-bond donors (Lipinski definition) is 3. The Morgan fingerprint density at radius 3 is 2.85 bits per heavy atom. The van der Waals surface area contributed by atoms with E-state index in [-0.39, 0.29) is 12.6 Å². The Kier molecular flexibility index (Phi) is 4.79. The van der Waals surface area contributed by atoms with E-state index in [0.29, 0.717) is 12.3 Å². The first-order valence-corrected chi connectivity index (χ1v) is 6.44. The highest BCUT2D eigenvalue weighted by molar-refractivity contribution is 5.73. The van der Waals surface area contributed by atoms with Gasteiger partial charge in [0.2, 0.25) is 0 Å². The molecule has 1 heterocycles. The quantitative estimate of drug-likeness (QED) is 0.781.